The quantitative estimate of drug-likeness (QED) is 0.671. The first-order chi connectivity index (χ1) is 11.1. The first kappa shape index (κ1) is 17.0. The van der Waals surface area contributed by atoms with E-state index in [1.165, 1.54) is 5.56 Å². The van der Waals surface area contributed by atoms with Crippen LogP contribution in [0.25, 0.3) is 11.4 Å². The summed E-state index contributed by atoms with van der Waals surface area (Å²) in [4.78, 5) is 6.35. The standard InChI is InChI=1S/C15H19N5O.C2H6/c1-10-4-6-11(7-5-10)14-18-13(21-19-14)9-12-3-2-8-20(12)15(16)17;1-2/h4-7,12H,2-3,8-9H2,1H3,(H3,16,17);1-2H3/t12-;/m0./s1. The summed E-state index contributed by atoms with van der Waals surface area (Å²) < 4.78 is 5.34. The average Bonchev–Trinajstić information content (AvgIpc) is 3.20. The van der Waals surface area contributed by atoms with Crippen LogP contribution in [0.3, 0.4) is 0 Å². The van der Waals surface area contributed by atoms with Gasteiger partial charge in [-0.2, -0.15) is 4.98 Å². The lowest BCUT2D eigenvalue weighted by atomic mass is 10.1. The van der Waals surface area contributed by atoms with Gasteiger partial charge in [0.05, 0.1) is 0 Å². The molecule has 1 aromatic carbocycles. The van der Waals surface area contributed by atoms with Crippen molar-refractivity contribution in [3.63, 3.8) is 0 Å². The van der Waals surface area contributed by atoms with Crippen molar-refractivity contribution in [1.82, 2.24) is 15.0 Å². The van der Waals surface area contributed by atoms with Crippen LogP contribution in [0.1, 0.15) is 38.1 Å². The van der Waals surface area contributed by atoms with Crippen LogP contribution in [0, 0.1) is 12.3 Å². The molecule has 3 N–H and O–H groups in total. The molecule has 0 aliphatic carbocycles. The number of guanidine groups is 1. The third kappa shape index (κ3) is 4.09. The van der Waals surface area contributed by atoms with Crippen LogP contribution in [0.15, 0.2) is 28.8 Å². The predicted octanol–water partition coefficient (Wildman–Crippen LogP) is 2.97. The Morgan fingerprint density at radius 2 is 2.04 bits per heavy atom. The van der Waals surface area contributed by atoms with Crippen molar-refractivity contribution in [3.05, 3.63) is 35.7 Å². The summed E-state index contributed by atoms with van der Waals surface area (Å²) in [6, 6.07) is 8.22. The maximum Gasteiger partial charge on any atom is 0.229 e. The van der Waals surface area contributed by atoms with E-state index in [-0.39, 0.29) is 12.0 Å². The monoisotopic (exact) mass is 315 g/mol. The number of aromatic nitrogens is 2. The number of nitrogens with zero attached hydrogens (tertiary/aromatic N) is 3. The van der Waals surface area contributed by atoms with Gasteiger partial charge in [0.25, 0.3) is 0 Å². The zero-order chi connectivity index (χ0) is 16.8. The number of nitrogens with one attached hydrogen (secondary N) is 1. The zero-order valence-corrected chi connectivity index (χ0v) is 14.0. The first-order valence-electron chi connectivity index (χ1n) is 8.14. The number of benzene rings is 1. The summed E-state index contributed by atoms with van der Waals surface area (Å²) >= 11 is 0. The van der Waals surface area contributed by atoms with Gasteiger partial charge in [0.1, 0.15) is 0 Å². The Morgan fingerprint density at radius 1 is 1.35 bits per heavy atom. The third-order valence-electron chi connectivity index (χ3n) is 3.87. The van der Waals surface area contributed by atoms with Crippen LogP contribution in [0.2, 0.25) is 0 Å². The predicted molar refractivity (Wildman–Crippen MR) is 91.2 cm³/mol. The van der Waals surface area contributed by atoms with Gasteiger partial charge in [0.2, 0.25) is 11.7 Å². The van der Waals surface area contributed by atoms with Crippen molar-refractivity contribution in [2.75, 3.05) is 6.54 Å². The molecule has 0 radical (unpaired) electrons. The van der Waals surface area contributed by atoms with Gasteiger partial charge in [0.15, 0.2) is 5.96 Å². The van der Waals surface area contributed by atoms with Crippen molar-refractivity contribution in [1.29, 1.82) is 5.41 Å². The number of nitrogens with two attached hydrogens (primary N) is 1. The molecule has 124 valence electrons. The first-order valence-corrected chi connectivity index (χ1v) is 8.14. The normalized spacial score (nSPS) is 16.8. The SMILES string of the molecule is CC.Cc1ccc(-c2noc(C[C@@H]3CCCN3C(=N)N)n2)cc1. The molecule has 0 spiro atoms. The fourth-order valence-electron chi connectivity index (χ4n) is 2.72. The third-order valence-corrected chi connectivity index (χ3v) is 3.87. The van der Waals surface area contributed by atoms with E-state index in [1.807, 2.05) is 49.9 Å². The van der Waals surface area contributed by atoms with Crippen molar-refractivity contribution in [2.24, 2.45) is 5.73 Å². The molecule has 1 aliphatic rings. The smallest absolute Gasteiger partial charge is 0.229 e. The van der Waals surface area contributed by atoms with E-state index in [4.69, 9.17) is 15.7 Å². The molecule has 2 aromatic rings. The summed E-state index contributed by atoms with van der Waals surface area (Å²) in [5.74, 6) is 1.33. The van der Waals surface area contributed by atoms with Gasteiger partial charge in [0, 0.05) is 24.6 Å². The van der Waals surface area contributed by atoms with Gasteiger partial charge in [-0.25, -0.2) is 0 Å². The van der Waals surface area contributed by atoms with E-state index in [9.17, 15) is 0 Å². The van der Waals surface area contributed by atoms with Gasteiger partial charge in [-0.1, -0.05) is 48.8 Å². The Balaban J connectivity index is 0.000000924. The van der Waals surface area contributed by atoms with Crippen molar-refractivity contribution >= 4 is 5.96 Å². The van der Waals surface area contributed by atoms with Crippen LogP contribution in [0.5, 0.6) is 0 Å². The minimum absolute atomic E-state index is 0.121. The Morgan fingerprint density at radius 3 is 2.70 bits per heavy atom. The van der Waals surface area contributed by atoms with E-state index in [0.717, 1.165) is 24.9 Å². The minimum Gasteiger partial charge on any atom is -0.370 e. The van der Waals surface area contributed by atoms with Crippen molar-refractivity contribution < 1.29 is 4.52 Å². The van der Waals surface area contributed by atoms with Crippen molar-refractivity contribution in [3.8, 4) is 11.4 Å². The second-order valence-corrected chi connectivity index (χ2v) is 5.46. The van der Waals surface area contributed by atoms with Gasteiger partial charge >= 0.3 is 0 Å². The highest BCUT2D eigenvalue weighted by atomic mass is 16.5. The molecule has 0 unspecified atom stereocenters. The van der Waals surface area contributed by atoms with Crippen LogP contribution < -0.4 is 5.73 Å². The second-order valence-electron chi connectivity index (χ2n) is 5.46. The molecule has 0 bridgehead atoms. The highest BCUT2D eigenvalue weighted by Crippen LogP contribution is 2.22. The lowest BCUT2D eigenvalue weighted by molar-refractivity contribution is 0.320. The van der Waals surface area contributed by atoms with Crippen LogP contribution in [0.4, 0.5) is 0 Å². The molecule has 1 aliphatic heterocycles. The van der Waals surface area contributed by atoms with Crippen LogP contribution in [-0.4, -0.2) is 33.6 Å². The Labute approximate surface area is 137 Å². The average molecular weight is 315 g/mol. The molecule has 1 atom stereocenters. The molecule has 3 rings (SSSR count). The molecule has 0 amide bonds. The summed E-state index contributed by atoms with van der Waals surface area (Å²) in [5.41, 5.74) is 7.74. The highest BCUT2D eigenvalue weighted by molar-refractivity contribution is 5.75. The number of likely N-dealkylation sites (tertiary alicyclic amines) is 1. The molecular weight excluding hydrogens is 290 g/mol. The topological polar surface area (TPSA) is 92.0 Å². The minimum atomic E-state index is 0.121. The summed E-state index contributed by atoms with van der Waals surface area (Å²) in [6.07, 6.45) is 2.68. The van der Waals surface area contributed by atoms with E-state index < -0.39 is 0 Å². The van der Waals surface area contributed by atoms with Gasteiger partial charge in [-0.15, -0.1) is 0 Å². The van der Waals surface area contributed by atoms with Gasteiger partial charge in [-0.05, 0) is 19.8 Å². The number of hydrogen-bond acceptors (Lipinski definition) is 4. The van der Waals surface area contributed by atoms with E-state index in [2.05, 4.69) is 10.1 Å². The van der Waals surface area contributed by atoms with E-state index >= 15 is 0 Å². The highest BCUT2D eigenvalue weighted by Gasteiger charge is 2.27. The molecule has 2 heterocycles. The van der Waals surface area contributed by atoms with E-state index in [0.29, 0.717) is 18.1 Å². The maximum absolute atomic E-state index is 7.58. The Bertz CT molecular complexity index is 635. The number of hydrogen-bond donors (Lipinski definition) is 2. The second kappa shape index (κ2) is 7.76. The molecule has 6 nitrogen and oxygen atoms in total. The number of aryl methyl sites for hydroxylation is 1. The molecule has 0 saturated carbocycles. The number of rotatable bonds is 3. The van der Waals surface area contributed by atoms with Crippen LogP contribution >= 0.6 is 0 Å². The van der Waals surface area contributed by atoms with Gasteiger partial charge < -0.3 is 15.2 Å². The van der Waals surface area contributed by atoms with E-state index in [1.54, 1.807) is 0 Å². The molecule has 6 heteroatoms. The lowest BCUT2D eigenvalue weighted by Crippen LogP contribution is -2.41. The summed E-state index contributed by atoms with van der Waals surface area (Å²) in [5, 5.41) is 11.6. The molecule has 1 saturated heterocycles. The molecule has 1 fully saturated rings. The van der Waals surface area contributed by atoms with Gasteiger partial charge in [-0.3, -0.25) is 5.41 Å². The Kier molecular flexibility index (Phi) is 5.73. The lowest BCUT2D eigenvalue weighted by Gasteiger charge is -2.23. The summed E-state index contributed by atoms with van der Waals surface area (Å²) in [6.45, 7) is 6.88. The molecular formula is C17H25N5O. The molecule has 1 aromatic heterocycles. The summed E-state index contributed by atoms with van der Waals surface area (Å²) in [7, 11) is 0. The Hall–Kier alpha value is -2.37. The fraction of sp³-hybridized carbons (Fsp3) is 0.471. The molecule has 23 heavy (non-hydrogen) atoms. The largest absolute Gasteiger partial charge is 0.370 e. The maximum atomic E-state index is 7.58. The zero-order valence-electron chi connectivity index (χ0n) is 14.0. The van der Waals surface area contributed by atoms with Crippen LogP contribution in [-0.2, 0) is 6.42 Å². The van der Waals surface area contributed by atoms with Crippen molar-refractivity contribution in [2.45, 2.75) is 46.1 Å². The fourth-order valence-corrected chi connectivity index (χ4v) is 2.72.